The van der Waals surface area contributed by atoms with E-state index in [9.17, 15) is 14.4 Å². The van der Waals surface area contributed by atoms with Crippen LogP contribution in [0.3, 0.4) is 0 Å². The molecule has 0 unspecified atom stereocenters. The van der Waals surface area contributed by atoms with E-state index in [-0.39, 0.29) is 30.1 Å². The highest BCUT2D eigenvalue weighted by atomic mass is 35.5. The summed E-state index contributed by atoms with van der Waals surface area (Å²) in [6.45, 7) is 0.0458. The number of aryl methyl sites for hydroxylation is 3. The minimum absolute atomic E-state index is 0.0458. The van der Waals surface area contributed by atoms with Gasteiger partial charge in [-0.15, -0.1) is 0 Å². The molecule has 11 nitrogen and oxygen atoms in total. The topological polar surface area (TPSA) is 129 Å². The van der Waals surface area contributed by atoms with Gasteiger partial charge in [-0.2, -0.15) is 4.98 Å². The van der Waals surface area contributed by atoms with Crippen molar-refractivity contribution in [3.63, 3.8) is 0 Å². The molecule has 0 saturated carbocycles. The fourth-order valence-corrected chi connectivity index (χ4v) is 4.49. The number of H-pyrrole nitrogens is 1. The quantitative estimate of drug-likeness (QED) is 0.315. The Morgan fingerprint density at radius 3 is 2.65 bits per heavy atom. The molecular formula is C25H24ClN7O4. The number of fused-ring (bicyclic) bond motifs is 2. The minimum atomic E-state index is -0.491. The van der Waals surface area contributed by atoms with Crippen molar-refractivity contribution in [2.45, 2.75) is 19.4 Å². The standard InChI is InChI=1S/C25H24ClN7O4/c1-31-21-22(30-24(31)29-19-9-4-6-14(28-19)10-11-20(34)37-3)32(2)25(36)33(23(21)35)13-15-12-16-17(26)7-5-8-18(16)27-15/h4-9,12,27H,10-11,13H2,1-3H3,(H,28,29,30). The third kappa shape index (κ3) is 4.49. The number of halogens is 1. The zero-order valence-electron chi connectivity index (χ0n) is 20.4. The Hall–Kier alpha value is -4.38. The highest BCUT2D eigenvalue weighted by Gasteiger charge is 2.20. The molecule has 190 valence electrons. The Kier molecular flexibility index (Phi) is 6.30. The third-order valence-corrected chi connectivity index (χ3v) is 6.54. The van der Waals surface area contributed by atoms with Crippen molar-refractivity contribution in [3.05, 3.63) is 79.7 Å². The van der Waals surface area contributed by atoms with Gasteiger partial charge >= 0.3 is 11.7 Å². The average molecular weight is 522 g/mol. The Morgan fingerprint density at radius 2 is 1.89 bits per heavy atom. The summed E-state index contributed by atoms with van der Waals surface area (Å²) in [5.41, 5.74) is 1.75. The molecule has 0 amide bonds. The number of nitrogens with zero attached hydrogens (tertiary/aromatic N) is 5. The van der Waals surface area contributed by atoms with E-state index in [4.69, 9.17) is 11.6 Å². The molecule has 0 bridgehead atoms. The molecule has 4 aromatic heterocycles. The largest absolute Gasteiger partial charge is 0.469 e. The number of benzene rings is 1. The highest BCUT2D eigenvalue weighted by molar-refractivity contribution is 6.35. The normalized spacial score (nSPS) is 11.4. The first-order chi connectivity index (χ1) is 17.8. The second-order valence-electron chi connectivity index (χ2n) is 8.61. The fourth-order valence-electron chi connectivity index (χ4n) is 4.26. The van der Waals surface area contributed by atoms with Crippen molar-refractivity contribution in [1.29, 1.82) is 0 Å². The number of pyridine rings is 1. The van der Waals surface area contributed by atoms with Crippen LogP contribution in [0.25, 0.3) is 22.1 Å². The van der Waals surface area contributed by atoms with Crippen molar-refractivity contribution in [2.24, 2.45) is 14.1 Å². The van der Waals surface area contributed by atoms with Gasteiger partial charge in [0.05, 0.1) is 20.1 Å². The number of anilines is 2. The van der Waals surface area contributed by atoms with Gasteiger partial charge < -0.3 is 19.6 Å². The predicted octanol–water partition coefficient (Wildman–Crippen LogP) is 2.86. The Morgan fingerprint density at radius 1 is 1.11 bits per heavy atom. The van der Waals surface area contributed by atoms with Crippen LogP contribution in [0, 0.1) is 0 Å². The fraction of sp³-hybridized carbons (Fsp3) is 0.240. The van der Waals surface area contributed by atoms with E-state index in [0.29, 0.717) is 34.6 Å². The van der Waals surface area contributed by atoms with E-state index in [1.807, 2.05) is 24.3 Å². The molecule has 0 aliphatic heterocycles. The number of rotatable bonds is 7. The SMILES string of the molecule is COC(=O)CCc1cccc(Nc2nc3c(c(=O)n(Cc4cc5c(Cl)cccc5[nH]4)c(=O)n3C)n2C)n1. The molecule has 0 radical (unpaired) electrons. The number of aromatic nitrogens is 6. The minimum Gasteiger partial charge on any atom is -0.469 e. The lowest BCUT2D eigenvalue weighted by molar-refractivity contribution is -0.140. The number of methoxy groups -OCH3 is 1. The van der Waals surface area contributed by atoms with Gasteiger partial charge in [0, 0.05) is 47.8 Å². The van der Waals surface area contributed by atoms with Gasteiger partial charge in [-0.1, -0.05) is 23.7 Å². The van der Waals surface area contributed by atoms with Crippen molar-refractivity contribution in [2.75, 3.05) is 12.4 Å². The van der Waals surface area contributed by atoms with Gasteiger partial charge in [-0.05, 0) is 30.3 Å². The van der Waals surface area contributed by atoms with Crippen molar-refractivity contribution in [1.82, 2.24) is 28.7 Å². The summed E-state index contributed by atoms with van der Waals surface area (Å²) in [5.74, 6) is 0.513. The Balaban J connectivity index is 1.50. The van der Waals surface area contributed by atoms with Gasteiger partial charge in [0.1, 0.15) is 5.82 Å². The number of imidazole rings is 1. The molecule has 37 heavy (non-hydrogen) atoms. The number of ether oxygens (including phenoxy) is 1. The van der Waals surface area contributed by atoms with E-state index in [1.165, 1.54) is 11.7 Å². The van der Waals surface area contributed by atoms with Crippen LogP contribution in [0.4, 0.5) is 11.8 Å². The van der Waals surface area contributed by atoms with Crippen molar-refractivity contribution < 1.29 is 9.53 Å². The zero-order valence-corrected chi connectivity index (χ0v) is 21.2. The number of nitrogens with one attached hydrogen (secondary N) is 2. The van der Waals surface area contributed by atoms with Crippen LogP contribution < -0.4 is 16.6 Å². The molecule has 12 heteroatoms. The van der Waals surface area contributed by atoms with Crippen LogP contribution in [0.2, 0.25) is 5.02 Å². The lowest BCUT2D eigenvalue weighted by Gasteiger charge is -2.08. The summed E-state index contributed by atoms with van der Waals surface area (Å²) in [5, 5.41) is 4.51. The first-order valence-corrected chi connectivity index (χ1v) is 11.9. The monoisotopic (exact) mass is 521 g/mol. The van der Waals surface area contributed by atoms with Crippen LogP contribution in [0.15, 0.2) is 52.1 Å². The number of hydrogen-bond donors (Lipinski definition) is 2. The van der Waals surface area contributed by atoms with E-state index >= 15 is 0 Å². The summed E-state index contributed by atoms with van der Waals surface area (Å²) in [4.78, 5) is 50.3. The van der Waals surface area contributed by atoms with Gasteiger partial charge in [-0.25, -0.2) is 9.78 Å². The molecule has 0 aliphatic carbocycles. The molecule has 0 fully saturated rings. The maximum Gasteiger partial charge on any atom is 0.332 e. The summed E-state index contributed by atoms with van der Waals surface area (Å²) < 4.78 is 8.79. The average Bonchev–Trinajstić information content (AvgIpc) is 3.46. The molecule has 4 heterocycles. The molecule has 1 aromatic carbocycles. The lowest BCUT2D eigenvalue weighted by atomic mass is 10.2. The number of aromatic amines is 1. The summed E-state index contributed by atoms with van der Waals surface area (Å²) in [6, 6.07) is 12.7. The van der Waals surface area contributed by atoms with Gasteiger partial charge in [-0.3, -0.25) is 18.7 Å². The third-order valence-electron chi connectivity index (χ3n) is 6.21. The van der Waals surface area contributed by atoms with Crippen LogP contribution in [0.5, 0.6) is 0 Å². The smallest absolute Gasteiger partial charge is 0.332 e. The molecule has 0 aliphatic rings. The maximum absolute atomic E-state index is 13.5. The number of hydrogen-bond acceptors (Lipinski definition) is 7. The first kappa shape index (κ1) is 24.3. The maximum atomic E-state index is 13.5. The molecule has 2 N–H and O–H groups in total. The van der Waals surface area contributed by atoms with Crippen LogP contribution in [-0.2, 0) is 36.6 Å². The van der Waals surface area contributed by atoms with Crippen molar-refractivity contribution in [3.8, 4) is 0 Å². The van der Waals surface area contributed by atoms with Crippen LogP contribution in [0.1, 0.15) is 17.8 Å². The molecule has 0 spiro atoms. The van der Waals surface area contributed by atoms with E-state index in [2.05, 4.69) is 25.0 Å². The second kappa shape index (κ2) is 9.58. The van der Waals surface area contributed by atoms with E-state index < -0.39 is 11.2 Å². The number of carbonyl (C=O) groups excluding carboxylic acids is 1. The van der Waals surface area contributed by atoms with Crippen LogP contribution in [-0.4, -0.2) is 41.7 Å². The summed E-state index contributed by atoms with van der Waals surface area (Å²) in [6.07, 6.45) is 0.631. The second-order valence-corrected chi connectivity index (χ2v) is 9.02. The molecule has 5 aromatic rings. The number of carbonyl (C=O) groups is 1. The zero-order chi connectivity index (χ0) is 26.3. The Labute approximate surface area is 215 Å². The molecule has 0 saturated heterocycles. The number of esters is 1. The first-order valence-electron chi connectivity index (χ1n) is 11.5. The summed E-state index contributed by atoms with van der Waals surface area (Å²) in [7, 11) is 4.61. The van der Waals surface area contributed by atoms with Crippen LogP contribution >= 0.6 is 11.6 Å². The Bertz CT molecular complexity index is 1780. The predicted molar refractivity (Wildman–Crippen MR) is 140 cm³/mol. The van der Waals surface area contributed by atoms with Gasteiger partial charge in [0.15, 0.2) is 11.2 Å². The molecular weight excluding hydrogens is 498 g/mol. The van der Waals surface area contributed by atoms with E-state index in [0.717, 1.165) is 15.5 Å². The van der Waals surface area contributed by atoms with Crippen molar-refractivity contribution >= 4 is 51.4 Å². The molecule has 0 atom stereocenters. The van der Waals surface area contributed by atoms with Gasteiger partial charge in [0.2, 0.25) is 5.95 Å². The highest BCUT2D eigenvalue weighted by Crippen LogP contribution is 2.24. The van der Waals surface area contributed by atoms with Gasteiger partial charge in [0.25, 0.3) is 5.56 Å². The lowest BCUT2D eigenvalue weighted by Crippen LogP contribution is -2.39. The summed E-state index contributed by atoms with van der Waals surface area (Å²) >= 11 is 6.28. The van der Waals surface area contributed by atoms with E-state index in [1.54, 1.807) is 36.9 Å². The molecule has 5 rings (SSSR count).